The Hall–Kier alpha value is -1.11. The van der Waals surface area contributed by atoms with Crippen molar-refractivity contribution in [2.24, 2.45) is 0 Å². The molecule has 0 unspecified atom stereocenters. The maximum Gasteiger partial charge on any atom is 0.303 e. The molecular formula is C26H41IO4. The van der Waals surface area contributed by atoms with Gasteiger partial charge in [0.05, 0.1) is 0 Å². The fourth-order valence-electron chi connectivity index (χ4n) is 4.05. The molecule has 0 spiro atoms. The van der Waals surface area contributed by atoms with Crippen LogP contribution in [0, 0.1) is 3.57 Å². The number of benzene rings is 1. The van der Waals surface area contributed by atoms with Crippen molar-refractivity contribution in [2.75, 3.05) is 0 Å². The molecule has 176 valence electrons. The van der Waals surface area contributed by atoms with Gasteiger partial charge >= 0.3 is 11.9 Å². The van der Waals surface area contributed by atoms with Gasteiger partial charge in [-0.1, -0.05) is 76.3 Å². The summed E-state index contributed by atoms with van der Waals surface area (Å²) in [4.78, 5) is 21.0. The highest BCUT2D eigenvalue weighted by Gasteiger charge is 2.07. The average Bonchev–Trinajstić information content (AvgIpc) is 2.72. The first-order valence-corrected chi connectivity index (χ1v) is 13.3. The molecule has 31 heavy (non-hydrogen) atoms. The lowest BCUT2D eigenvalue weighted by Gasteiger charge is -2.12. The normalized spacial score (nSPS) is 11.0. The highest BCUT2D eigenvalue weighted by atomic mass is 127. The average molecular weight is 545 g/mol. The zero-order valence-corrected chi connectivity index (χ0v) is 21.2. The fourth-order valence-corrected chi connectivity index (χ4v) is 4.88. The van der Waals surface area contributed by atoms with Crippen molar-refractivity contribution in [3.05, 3.63) is 32.9 Å². The number of halogens is 1. The van der Waals surface area contributed by atoms with Crippen molar-refractivity contribution in [1.29, 1.82) is 0 Å². The highest BCUT2D eigenvalue weighted by molar-refractivity contribution is 14.1. The van der Waals surface area contributed by atoms with Gasteiger partial charge in [-0.15, -0.1) is 0 Å². The molecule has 0 aliphatic heterocycles. The summed E-state index contributed by atoms with van der Waals surface area (Å²) in [6.07, 6.45) is 18.9. The molecule has 0 atom stereocenters. The third-order valence-electron chi connectivity index (χ3n) is 5.87. The van der Waals surface area contributed by atoms with Crippen LogP contribution in [-0.4, -0.2) is 22.2 Å². The Balaban J connectivity index is 2.15. The Morgan fingerprint density at radius 1 is 0.613 bits per heavy atom. The van der Waals surface area contributed by atoms with Crippen LogP contribution in [0.3, 0.4) is 0 Å². The number of carboxylic acid groups (broad SMARTS) is 2. The number of carbonyl (C=O) groups is 2. The van der Waals surface area contributed by atoms with Crippen LogP contribution in [0.2, 0.25) is 0 Å². The number of unbranched alkanes of at least 4 members (excludes halogenated alkanes) is 12. The summed E-state index contributed by atoms with van der Waals surface area (Å²) in [6.45, 7) is 0. The van der Waals surface area contributed by atoms with Gasteiger partial charge in [0.15, 0.2) is 0 Å². The SMILES string of the molecule is O=C(O)CCCCCCCCCc1cccc(I)c1CCCCCCCCCC(=O)O. The predicted molar refractivity (Wildman–Crippen MR) is 136 cm³/mol. The minimum absolute atomic E-state index is 0.308. The largest absolute Gasteiger partial charge is 0.481 e. The van der Waals surface area contributed by atoms with Crippen molar-refractivity contribution >= 4 is 34.5 Å². The Morgan fingerprint density at radius 3 is 1.52 bits per heavy atom. The molecule has 1 aromatic carbocycles. The standard InChI is InChI=1S/C26H41IO4/c27-24-19-15-17-22(16-11-7-3-1-5-9-13-20-25(28)29)23(24)18-12-8-4-2-6-10-14-21-26(30)31/h15,17,19H,1-14,16,18,20-21H2,(H,28,29)(H,30,31). The molecule has 0 heterocycles. The first-order chi connectivity index (χ1) is 15.0. The van der Waals surface area contributed by atoms with Crippen LogP contribution in [0.4, 0.5) is 0 Å². The second kappa shape index (κ2) is 18.5. The van der Waals surface area contributed by atoms with Crippen molar-refractivity contribution in [1.82, 2.24) is 0 Å². The van der Waals surface area contributed by atoms with Crippen LogP contribution >= 0.6 is 22.6 Å². The maximum absolute atomic E-state index is 10.5. The molecule has 0 bridgehead atoms. The van der Waals surface area contributed by atoms with Crippen molar-refractivity contribution < 1.29 is 19.8 Å². The van der Waals surface area contributed by atoms with Crippen LogP contribution in [-0.2, 0) is 22.4 Å². The number of hydrogen-bond donors (Lipinski definition) is 2. The van der Waals surface area contributed by atoms with E-state index in [4.69, 9.17) is 10.2 Å². The monoisotopic (exact) mass is 544 g/mol. The van der Waals surface area contributed by atoms with Crippen LogP contribution < -0.4 is 0 Å². The Labute approximate surface area is 202 Å². The summed E-state index contributed by atoms with van der Waals surface area (Å²) in [5.74, 6) is -1.36. The molecule has 0 aromatic heterocycles. The van der Waals surface area contributed by atoms with Gasteiger partial charge < -0.3 is 10.2 Å². The summed E-state index contributed by atoms with van der Waals surface area (Å²) in [5, 5.41) is 17.3. The second-order valence-electron chi connectivity index (χ2n) is 8.61. The lowest BCUT2D eigenvalue weighted by Crippen LogP contribution is -1.99. The van der Waals surface area contributed by atoms with Crippen molar-refractivity contribution in [2.45, 2.75) is 116 Å². The molecule has 0 fully saturated rings. The topological polar surface area (TPSA) is 74.6 Å². The van der Waals surface area contributed by atoms with Gasteiger partial charge in [-0.25, -0.2) is 0 Å². The molecule has 1 rings (SSSR count). The van der Waals surface area contributed by atoms with Crippen LogP contribution in [0.15, 0.2) is 18.2 Å². The van der Waals surface area contributed by atoms with E-state index in [1.54, 1.807) is 5.56 Å². The Bertz CT molecular complexity index is 630. The number of carboxylic acids is 2. The van der Waals surface area contributed by atoms with Crippen molar-refractivity contribution in [3.8, 4) is 0 Å². The molecule has 4 nitrogen and oxygen atoms in total. The third-order valence-corrected chi connectivity index (χ3v) is 6.88. The molecule has 5 heteroatoms. The van der Waals surface area contributed by atoms with Crippen LogP contribution in [0.1, 0.15) is 114 Å². The molecule has 0 radical (unpaired) electrons. The van der Waals surface area contributed by atoms with Gasteiger partial charge in [0.2, 0.25) is 0 Å². The highest BCUT2D eigenvalue weighted by Crippen LogP contribution is 2.22. The smallest absolute Gasteiger partial charge is 0.303 e. The number of hydrogen-bond acceptors (Lipinski definition) is 2. The minimum atomic E-state index is -0.679. The zero-order chi connectivity index (χ0) is 22.7. The predicted octanol–water partition coefficient (Wildman–Crippen LogP) is 7.79. The summed E-state index contributed by atoms with van der Waals surface area (Å²) < 4.78 is 1.39. The van der Waals surface area contributed by atoms with Gasteiger partial charge in [0.25, 0.3) is 0 Å². The molecular weight excluding hydrogens is 503 g/mol. The molecule has 2 N–H and O–H groups in total. The summed E-state index contributed by atoms with van der Waals surface area (Å²) in [7, 11) is 0. The summed E-state index contributed by atoms with van der Waals surface area (Å²) in [6, 6.07) is 6.70. The van der Waals surface area contributed by atoms with E-state index < -0.39 is 11.9 Å². The number of aryl methyl sites for hydroxylation is 1. The van der Waals surface area contributed by atoms with E-state index in [-0.39, 0.29) is 0 Å². The molecule has 0 aliphatic rings. The fraction of sp³-hybridized carbons (Fsp3) is 0.692. The Kier molecular flexibility index (Phi) is 16.6. The van der Waals surface area contributed by atoms with E-state index in [9.17, 15) is 9.59 Å². The van der Waals surface area contributed by atoms with E-state index in [0.717, 1.165) is 51.4 Å². The van der Waals surface area contributed by atoms with E-state index in [2.05, 4.69) is 40.8 Å². The van der Waals surface area contributed by atoms with E-state index in [0.29, 0.717) is 12.8 Å². The van der Waals surface area contributed by atoms with Gasteiger partial charge in [0.1, 0.15) is 0 Å². The third kappa shape index (κ3) is 15.4. The zero-order valence-electron chi connectivity index (χ0n) is 19.0. The molecule has 0 aliphatic carbocycles. The lowest BCUT2D eigenvalue weighted by molar-refractivity contribution is -0.138. The molecule has 0 saturated heterocycles. The number of aliphatic carboxylic acids is 2. The van der Waals surface area contributed by atoms with Gasteiger partial charge in [-0.3, -0.25) is 9.59 Å². The minimum Gasteiger partial charge on any atom is -0.481 e. The van der Waals surface area contributed by atoms with E-state index in [1.807, 2.05) is 0 Å². The quantitative estimate of drug-likeness (QED) is 0.130. The first kappa shape index (κ1) is 27.9. The lowest BCUT2D eigenvalue weighted by atomic mass is 9.96. The van der Waals surface area contributed by atoms with Crippen molar-refractivity contribution in [3.63, 3.8) is 0 Å². The summed E-state index contributed by atoms with van der Waals surface area (Å²) in [5.41, 5.74) is 3.06. The number of rotatable bonds is 20. The van der Waals surface area contributed by atoms with E-state index in [1.165, 1.54) is 60.5 Å². The van der Waals surface area contributed by atoms with Gasteiger partial charge in [-0.05, 0) is 78.3 Å². The first-order valence-electron chi connectivity index (χ1n) is 12.2. The van der Waals surface area contributed by atoms with Gasteiger partial charge in [0, 0.05) is 16.4 Å². The Morgan fingerprint density at radius 2 is 1.03 bits per heavy atom. The molecule has 0 saturated carbocycles. The second-order valence-corrected chi connectivity index (χ2v) is 9.78. The van der Waals surface area contributed by atoms with Gasteiger partial charge in [-0.2, -0.15) is 0 Å². The van der Waals surface area contributed by atoms with E-state index >= 15 is 0 Å². The van der Waals surface area contributed by atoms with Crippen LogP contribution in [0.5, 0.6) is 0 Å². The molecule has 1 aromatic rings. The van der Waals surface area contributed by atoms with Crippen LogP contribution in [0.25, 0.3) is 0 Å². The molecule has 0 amide bonds. The maximum atomic E-state index is 10.5. The summed E-state index contributed by atoms with van der Waals surface area (Å²) >= 11 is 2.48.